The van der Waals surface area contributed by atoms with Crippen LogP contribution in [0.15, 0.2) is 49.1 Å². The minimum Gasteiger partial charge on any atom is -0.265 e. The van der Waals surface area contributed by atoms with Crippen molar-refractivity contribution in [3.8, 4) is 11.1 Å². The number of aromatic nitrogens is 2. The summed E-state index contributed by atoms with van der Waals surface area (Å²) in [6.07, 6.45) is 13.7. The Morgan fingerprint density at radius 1 is 0.656 bits per heavy atom. The summed E-state index contributed by atoms with van der Waals surface area (Å²) in [5.41, 5.74) is 2.35. The maximum Gasteiger partial charge on any atom is 0.0273 e. The molecule has 0 bridgehead atoms. The molecule has 0 aliphatic carbocycles. The fraction of sp³-hybridized carbons (Fsp3) is 0.333. The van der Waals surface area contributed by atoms with Crippen LogP contribution in [0, 0.1) is 0 Å². The molecule has 0 saturated carbocycles. The Kier molecular flexibility index (Phi) is 39.2. The third kappa shape index (κ3) is 64.1. The average Bonchev–Trinajstić information content (AvgIpc) is 2.52. The third-order valence-corrected chi connectivity index (χ3v) is 1.69. The van der Waals surface area contributed by atoms with Gasteiger partial charge < -0.3 is 0 Å². The quantitative estimate of drug-likeness (QED) is 0.241. The van der Waals surface area contributed by atoms with E-state index in [1.54, 1.807) is 49.8 Å². The maximum atomic E-state index is 9.56. The topological polar surface area (TPSA) is 59.9 Å². The van der Waals surface area contributed by atoms with E-state index in [9.17, 15) is 8.42 Å². The van der Waals surface area contributed by atoms with Crippen LogP contribution in [0.3, 0.4) is 0 Å². The zero-order valence-corrected chi connectivity index (χ0v) is 31.4. The number of nitrogens with zero attached hydrogens (tertiary/aromatic N) is 2. The first-order chi connectivity index (χ1) is 13.4. The second kappa shape index (κ2) is 27.6. The van der Waals surface area contributed by atoms with Gasteiger partial charge in [0, 0.05) is 131 Å². The predicted molar refractivity (Wildman–Crippen MR) is 149 cm³/mol. The number of alkyl halides is 4. The Hall–Kier alpha value is 3.54. The van der Waals surface area contributed by atoms with Crippen molar-refractivity contribution in [3.05, 3.63) is 49.1 Å². The second-order valence-electron chi connectivity index (χ2n) is 4.69. The summed E-state index contributed by atoms with van der Waals surface area (Å²) >= 11 is 19.3. The van der Waals surface area contributed by atoms with Crippen molar-refractivity contribution in [2.45, 2.75) is 3.25 Å². The summed E-state index contributed by atoms with van der Waals surface area (Å²) in [5, 5.41) is 0. The molecule has 0 N–H and O–H groups in total. The summed E-state index contributed by atoms with van der Waals surface area (Å²) in [5.74, 6) is 0. The van der Waals surface area contributed by atoms with Gasteiger partial charge in [-0.3, -0.25) is 18.4 Å². The van der Waals surface area contributed by atoms with Crippen LogP contribution in [0.1, 0.15) is 0 Å². The van der Waals surface area contributed by atoms with Crippen LogP contribution in [-0.4, -0.2) is 106 Å². The van der Waals surface area contributed by atoms with Crippen LogP contribution < -0.4 is 0 Å². The molecule has 2 rings (SSSR count). The molecule has 0 aromatic carbocycles. The SMILES string of the molecule is CS(C)=O.CS(C)=O.ClC(Cl)(Cl)Cl.[Cl][Ru]([Cl])([Cl])[Cl].[Na].[Na].c1cc(-c2ccncc2)ccn1. The van der Waals surface area contributed by atoms with Gasteiger partial charge in [-0.05, 0) is 35.4 Å². The molecule has 2 aromatic heterocycles. The van der Waals surface area contributed by atoms with Gasteiger partial charge in [0.05, 0.1) is 0 Å². The summed E-state index contributed by atoms with van der Waals surface area (Å²) < 4.78 is 17.5. The van der Waals surface area contributed by atoms with Gasteiger partial charge in [-0.25, -0.2) is 0 Å². The Bertz CT molecular complexity index is 635. The van der Waals surface area contributed by atoms with Crippen molar-refractivity contribution in [2.75, 3.05) is 25.0 Å². The molecule has 180 valence electrons. The van der Waals surface area contributed by atoms with E-state index in [-0.39, 0.29) is 59.1 Å². The molecule has 17 heteroatoms. The first-order valence-electron chi connectivity index (χ1n) is 7.03. The van der Waals surface area contributed by atoms with E-state index in [0.29, 0.717) is 0 Å². The van der Waals surface area contributed by atoms with Gasteiger partial charge in [0.1, 0.15) is 0 Å². The van der Waals surface area contributed by atoms with Crippen LogP contribution in [0.25, 0.3) is 11.1 Å². The van der Waals surface area contributed by atoms with E-state index >= 15 is 0 Å². The minimum atomic E-state index is -2.97. The monoisotopic (exact) mass is 752 g/mol. The van der Waals surface area contributed by atoms with E-state index in [2.05, 4.69) is 9.97 Å². The molecule has 0 spiro atoms. The standard InChI is InChI=1S/C10H8N2.2C2H6OS.CCl4.4ClH.2Na.Ru/c1-5-11-6-2-9(1)10-3-7-12-8-4-10;2*1-4(2)3;2-1(3,4)5;;;;;;;/h1-8H;2*1-2H3;;4*1H;;;/q;;;;;;;;;;+4/p-4. The number of halogens is 8. The normalized spacial score (nSPS) is 10.1. The molecule has 4 nitrogen and oxygen atoms in total. The summed E-state index contributed by atoms with van der Waals surface area (Å²) in [7, 11) is 15.8. The number of hydrogen-bond donors (Lipinski definition) is 0. The number of hydrogen-bond acceptors (Lipinski definition) is 4. The molecule has 0 atom stereocenters. The molecule has 32 heavy (non-hydrogen) atoms. The van der Waals surface area contributed by atoms with Gasteiger partial charge >= 0.3 is 49.6 Å². The fourth-order valence-electron chi connectivity index (χ4n) is 1.09. The van der Waals surface area contributed by atoms with Gasteiger partial charge in [-0.2, -0.15) is 0 Å². The van der Waals surface area contributed by atoms with Gasteiger partial charge in [0.25, 0.3) is 3.25 Å². The van der Waals surface area contributed by atoms with E-state index in [0.717, 1.165) is 0 Å². The van der Waals surface area contributed by atoms with Gasteiger partial charge in [0.15, 0.2) is 0 Å². The van der Waals surface area contributed by atoms with Crippen LogP contribution in [0.4, 0.5) is 0 Å². The van der Waals surface area contributed by atoms with Crippen molar-refractivity contribution < 1.29 is 19.2 Å². The van der Waals surface area contributed by atoms with Gasteiger partial charge in [-0.15, -0.1) is 0 Å². The summed E-state index contributed by atoms with van der Waals surface area (Å²) in [4.78, 5) is 7.91. The molecule has 0 saturated heterocycles. The Morgan fingerprint density at radius 3 is 0.906 bits per heavy atom. The van der Waals surface area contributed by atoms with Crippen molar-refractivity contribution in [2.24, 2.45) is 0 Å². The molecule has 0 aliphatic rings. The number of pyridine rings is 2. The molecule has 0 unspecified atom stereocenters. The van der Waals surface area contributed by atoms with Crippen LogP contribution in [0.5, 0.6) is 0 Å². The molecule has 2 aromatic rings. The van der Waals surface area contributed by atoms with Crippen molar-refractivity contribution in [3.63, 3.8) is 0 Å². The van der Waals surface area contributed by atoms with E-state index in [4.69, 9.17) is 85.2 Å². The van der Waals surface area contributed by atoms with Crippen molar-refractivity contribution in [1.29, 1.82) is 0 Å². The van der Waals surface area contributed by atoms with E-state index < -0.39 is 35.7 Å². The van der Waals surface area contributed by atoms with Gasteiger partial charge in [-0.1, -0.05) is 46.4 Å². The molecular formula is C15H20Cl8N2Na2O2RuS2. The number of rotatable bonds is 1. The zero-order chi connectivity index (χ0) is 24.4. The fourth-order valence-corrected chi connectivity index (χ4v) is 1.09. The van der Waals surface area contributed by atoms with Crippen molar-refractivity contribution in [1.82, 2.24) is 9.97 Å². The first kappa shape index (κ1) is 45.5. The smallest absolute Gasteiger partial charge is 0.0273 e. The zero-order valence-electron chi connectivity index (χ0n) is 18.0. The van der Waals surface area contributed by atoms with Crippen molar-refractivity contribution >= 4 is 166 Å². The third-order valence-electron chi connectivity index (χ3n) is 1.69. The summed E-state index contributed by atoms with van der Waals surface area (Å²) in [6, 6.07) is 7.93. The van der Waals surface area contributed by atoms with Crippen LogP contribution in [-0.2, 0) is 32.4 Å². The molecule has 0 aliphatic heterocycles. The maximum absolute atomic E-state index is 9.56. The van der Waals surface area contributed by atoms with Crippen LogP contribution >= 0.6 is 85.2 Å². The molecule has 0 fully saturated rings. The van der Waals surface area contributed by atoms with Crippen LogP contribution in [0.2, 0.25) is 0 Å². The van der Waals surface area contributed by atoms with E-state index in [1.165, 1.54) is 11.1 Å². The Balaban J connectivity index is -0.000000104. The Morgan fingerprint density at radius 2 is 0.781 bits per heavy atom. The predicted octanol–water partition coefficient (Wildman–Crippen LogP) is 6.68. The Labute approximate surface area is 279 Å². The molecule has 0 amide bonds. The first-order valence-corrected chi connectivity index (χ1v) is 21.4. The summed E-state index contributed by atoms with van der Waals surface area (Å²) in [6.45, 7) is 0. The largest absolute Gasteiger partial charge is 0.265 e. The molecule has 2 heterocycles. The minimum absolute atomic E-state index is 0. The van der Waals surface area contributed by atoms with E-state index in [1.807, 2.05) is 24.3 Å². The average molecular weight is 755 g/mol. The second-order valence-corrected chi connectivity index (χ2v) is 26.9. The van der Waals surface area contributed by atoms with Gasteiger partial charge in [0.2, 0.25) is 0 Å². The molecule has 2 radical (unpaired) electrons. The molecular weight excluding hydrogens is 735 g/mol.